The fourth-order valence-corrected chi connectivity index (χ4v) is 0.766. The average Bonchev–Trinajstić information content (AvgIpc) is 1.88. The maximum absolute atomic E-state index is 7.50. The maximum atomic E-state index is 7.50. The van der Waals surface area contributed by atoms with Crippen LogP contribution >= 0.6 is 0 Å². The number of rotatable bonds is 1. The Morgan fingerprint density at radius 2 is 2.11 bits per heavy atom. The third-order valence-electron chi connectivity index (χ3n) is 1.36. The van der Waals surface area contributed by atoms with Gasteiger partial charge in [-0.1, -0.05) is 44.2 Å². The SMILES string of the molecule is [3H]c1ccccc1C(C)C. The molecule has 0 unspecified atom stereocenters. The van der Waals surface area contributed by atoms with Gasteiger partial charge < -0.3 is 0 Å². The summed E-state index contributed by atoms with van der Waals surface area (Å²) in [6.07, 6.45) is 0. The molecule has 0 aliphatic rings. The van der Waals surface area contributed by atoms with Crippen LogP contribution < -0.4 is 0 Å². The Morgan fingerprint density at radius 3 is 2.56 bits per heavy atom. The van der Waals surface area contributed by atoms with Crippen molar-refractivity contribution in [2.45, 2.75) is 19.8 Å². The van der Waals surface area contributed by atoms with Crippen LogP contribution in [0.15, 0.2) is 30.3 Å². The van der Waals surface area contributed by atoms with Crippen molar-refractivity contribution in [1.82, 2.24) is 0 Å². The second-order valence-corrected chi connectivity index (χ2v) is 2.47. The molecule has 0 bridgehead atoms. The van der Waals surface area contributed by atoms with Crippen LogP contribution in [0.3, 0.4) is 0 Å². The van der Waals surface area contributed by atoms with Gasteiger partial charge in [-0.25, -0.2) is 0 Å². The standard InChI is InChI=1S/C9H12/c1-8(2)9-6-4-3-5-7-9/h3-8H,1-2H3/i6T. The summed E-state index contributed by atoms with van der Waals surface area (Å²) in [6, 6.07) is 8.36. The van der Waals surface area contributed by atoms with Gasteiger partial charge in [-0.15, -0.1) is 0 Å². The molecule has 0 atom stereocenters. The Bertz CT molecular complexity index is 216. The van der Waals surface area contributed by atoms with Gasteiger partial charge in [0.1, 0.15) is 0 Å². The van der Waals surface area contributed by atoms with Crippen molar-refractivity contribution < 1.29 is 1.37 Å². The summed E-state index contributed by atoms with van der Waals surface area (Å²) >= 11 is 0. The molecule has 0 aromatic heterocycles. The zero-order valence-corrected chi connectivity index (χ0v) is 5.89. The van der Waals surface area contributed by atoms with Crippen molar-refractivity contribution in [3.63, 3.8) is 0 Å². The van der Waals surface area contributed by atoms with Crippen LogP contribution in [0.4, 0.5) is 0 Å². The molecular weight excluding hydrogens is 108 g/mol. The number of hydrogen-bond donors (Lipinski definition) is 0. The molecule has 1 rings (SSSR count). The van der Waals surface area contributed by atoms with Crippen LogP contribution in [-0.2, 0) is 0 Å². The van der Waals surface area contributed by atoms with E-state index in [1.54, 1.807) is 0 Å². The molecule has 1 aromatic carbocycles. The van der Waals surface area contributed by atoms with E-state index < -0.39 is 0 Å². The largest absolute Gasteiger partial charge is 0.0626 e. The summed E-state index contributed by atoms with van der Waals surface area (Å²) in [5, 5.41) is 0. The molecule has 0 aliphatic carbocycles. The monoisotopic (exact) mass is 122 g/mol. The smallest absolute Gasteiger partial charge is 0.0622 e. The summed E-state index contributed by atoms with van der Waals surface area (Å²) in [7, 11) is 0. The normalized spacial score (nSPS) is 11.7. The van der Waals surface area contributed by atoms with E-state index in [1.165, 1.54) is 0 Å². The Kier molecular flexibility index (Phi) is 1.50. The van der Waals surface area contributed by atoms with Crippen molar-refractivity contribution in [1.29, 1.82) is 0 Å². The second kappa shape index (κ2) is 2.67. The predicted octanol–water partition coefficient (Wildman–Crippen LogP) is 2.81. The van der Waals surface area contributed by atoms with Crippen LogP contribution in [0.2, 0.25) is 0 Å². The summed E-state index contributed by atoms with van der Waals surface area (Å²) in [5.41, 5.74) is 1.13. The van der Waals surface area contributed by atoms with E-state index in [0.717, 1.165) is 5.56 Å². The van der Waals surface area contributed by atoms with Crippen LogP contribution in [0.5, 0.6) is 0 Å². The van der Waals surface area contributed by atoms with E-state index in [2.05, 4.69) is 13.8 Å². The molecule has 48 valence electrons. The first-order valence-corrected chi connectivity index (χ1v) is 3.27. The lowest BCUT2D eigenvalue weighted by atomic mass is 10.0. The molecule has 9 heavy (non-hydrogen) atoms. The van der Waals surface area contributed by atoms with E-state index in [9.17, 15) is 0 Å². The molecule has 0 heteroatoms. The van der Waals surface area contributed by atoms with E-state index in [1.807, 2.05) is 24.3 Å². The first kappa shape index (κ1) is 5.04. The molecule has 0 heterocycles. The van der Waals surface area contributed by atoms with Crippen molar-refractivity contribution in [3.8, 4) is 0 Å². The van der Waals surface area contributed by atoms with Gasteiger partial charge >= 0.3 is 0 Å². The highest BCUT2D eigenvalue weighted by molar-refractivity contribution is 5.17. The van der Waals surface area contributed by atoms with E-state index in [-0.39, 0.29) is 0 Å². The minimum absolute atomic E-state index is 0.466. The van der Waals surface area contributed by atoms with Crippen LogP contribution in [-0.4, -0.2) is 0 Å². The summed E-state index contributed by atoms with van der Waals surface area (Å²) in [5.74, 6) is 0.466. The molecule has 0 spiro atoms. The highest BCUT2D eigenvalue weighted by atomic mass is 14.0. The fraction of sp³-hybridized carbons (Fsp3) is 0.333. The first-order chi connectivity index (χ1) is 4.72. The first-order valence-electron chi connectivity index (χ1n) is 3.77. The lowest BCUT2D eigenvalue weighted by Gasteiger charge is -2.01. The lowest BCUT2D eigenvalue weighted by Crippen LogP contribution is -1.83. The van der Waals surface area contributed by atoms with Gasteiger partial charge in [-0.2, -0.15) is 0 Å². The zero-order chi connectivity index (χ0) is 7.56. The van der Waals surface area contributed by atoms with Crippen LogP contribution in [0.25, 0.3) is 0 Å². The molecule has 0 N–H and O–H groups in total. The molecule has 0 aliphatic heterocycles. The van der Waals surface area contributed by atoms with Crippen molar-refractivity contribution >= 4 is 0 Å². The zero-order valence-electron chi connectivity index (χ0n) is 6.89. The Labute approximate surface area is 57.9 Å². The molecule has 0 saturated carbocycles. The number of hydrogen-bond acceptors (Lipinski definition) is 0. The fourth-order valence-electron chi connectivity index (χ4n) is 0.766. The van der Waals surface area contributed by atoms with Crippen LogP contribution in [0.1, 0.15) is 26.7 Å². The molecule has 0 amide bonds. The molecule has 1 aromatic rings. The average molecular weight is 122 g/mol. The quantitative estimate of drug-likeness (QED) is 0.537. The Balaban J connectivity index is 3.03. The summed E-state index contributed by atoms with van der Waals surface area (Å²) in [4.78, 5) is 0. The van der Waals surface area contributed by atoms with Gasteiger partial charge in [0.25, 0.3) is 0 Å². The van der Waals surface area contributed by atoms with Gasteiger partial charge in [0, 0.05) is 0 Å². The van der Waals surface area contributed by atoms with Crippen molar-refractivity contribution in [2.24, 2.45) is 0 Å². The second-order valence-electron chi connectivity index (χ2n) is 2.47. The van der Waals surface area contributed by atoms with E-state index in [0.29, 0.717) is 12.0 Å². The predicted molar refractivity (Wildman–Crippen MR) is 40.5 cm³/mol. The van der Waals surface area contributed by atoms with E-state index >= 15 is 0 Å². The van der Waals surface area contributed by atoms with Crippen molar-refractivity contribution in [3.05, 3.63) is 35.9 Å². The molecule has 0 radical (unpaired) electrons. The highest BCUT2D eigenvalue weighted by Gasteiger charge is 1.93. The minimum Gasteiger partial charge on any atom is -0.0622 e. The Morgan fingerprint density at radius 1 is 1.33 bits per heavy atom. The van der Waals surface area contributed by atoms with Crippen LogP contribution in [0, 0.1) is 0 Å². The number of benzene rings is 1. The molecular formula is C9H12. The topological polar surface area (TPSA) is 0 Å². The Hall–Kier alpha value is -0.780. The molecule has 0 nitrogen and oxygen atoms in total. The van der Waals surface area contributed by atoms with Crippen molar-refractivity contribution in [2.75, 3.05) is 0 Å². The van der Waals surface area contributed by atoms with Gasteiger partial charge in [-0.05, 0) is 11.5 Å². The third-order valence-corrected chi connectivity index (χ3v) is 1.36. The summed E-state index contributed by atoms with van der Waals surface area (Å²) in [6.45, 7) is 4.21. The van der Waals surface area contributed by atoms with Gasteiger partial charge in [0.15, 0.2) is 0 Å². The molecule has 0 fully saturated rings. The third kappa shape index (κ3) is 1.56. The molecule has 0 saturated heterocycles. The highest BCUT2D eigenvalue weighted by Crippen LogP contribution is 2.11. The minimum atomic E-state index is 0.466. The lowest BCUT2D eigenvalue weighted by molar-refractivity contribution is 0.867. The van der Waals surface area contributed by atoms with Gasteiger partial charge in [-0.3, -0.25) is 0 Å². The van der Waals surface area contributed by atoms with E-state index in [4.69, 9.17) is 1.37 Å². The summed E-state index contributed by atoms with van der Waals surface area (Å²) < 4.78 is 7.50. The maximum Gasteiger partial charge on any atom is 0.0626 e. The van der Waals surface area contributed by atoms with Gasteiger partial charge in [0.2, 0.25) is 0 Å². The van der Waals surface area contributed by atoms with Gasteiger partial charge in [0.05, 0.1) is 1.37 Å².